The van der Waals surface area contributed by atoms with Gasteiger partial charge in [-0.25, -0.2) is 9.36 Å². The molecule has 0 amide bonds. The second kappa shape index (κ2) is 5.28. The second-order valence-corrected chi connectivity index (χ2v) is 5.84. The van der Waals surface area contributed by atoms with Crippen molar-refractivity contribution in [2.24, 2.45) is 0 Å². The van der Waals surface area contributed by atoms with Gasteiger partial charge in [0, 0.05) is 15.6 Å². The van der Waals surface area contributed by atoms with Crippen LogP contribution in [0.5, 0.6) is 0 Å². The van der Waals surface area contributed by atoms with E-state index in [4.69, 9.17) is 20.8 Å². The first-order chi connectivity index (χ1) is 9.15. The van der Waals surface area contributed by atoms with Crippen molar-refractivity contribution in [1.82, 2.24) is 4.57 Å². The van der Waals surface area contributed by atoms with E-state index in [2.05, 4.69) is 15.9 Å². The third-order valence-corrected chi connectivity index (χ3v) is 4.09. The van der Waals surface area contributed by atoms with Crippen LogP contribution in [-0.4, -0.2) is 30.9 Å². The summed E-state index contributed by atoms with van der Waals surface area (Å²) in [5.74, 6) is -0.350. The first-order valence-electron chi connectivity index (χ1n) is 6.05. The van der Waals surface area contributed by atoms with Crippen LogP contribution in [0.15, 0.2) is 25.8 Å². The zero-order chi connectivity index (χ0) is 13.4. The van der Waals surface area contributed by atoms with E-state index in [1.807, 2.05) is 0 Å². The Hall–Kier alpha value is -0.820. The van der Waals surface area contributed by atoms with Gasteiger partial charge < -0.3 is 14.1 Å². The van der Waals surface area contributed by atoms with Gasteiger partial charge in [0.25, 0.3) is 0 Å². The molecule has 1 saturated heterocycles. The van der Waals surface area contributed by atoms with Gasteiger partial charge in [-0.05, 0) is 22.0 Å². The molecular formula is C12H13BrClN2O3+. The van der Waals surface area contributed by atoms with Gasteiger partial charge in [0.1, 0.15) is 18.6 Å². The van der Waals surface area contributed by atoms with E-state index < -0.39 is 0 Å². The number of morpholine rings is 1. The molecule has 5 nitrogen and oxygen atoms in total. The molecule has 2 heterocycles. The van der Waals surface area contributed by atoms with Crippen LogP contribution in [0, 0.1) is 0 Å². The molecule has 19 heavy (non-hydrogen) atoms. The maximum Gasteiger partial charge on any atom is 0.424 e. The van der Waals surface area contributed by atoms with Crippen molar-refractivity contribution >= 4 is 38.6 Å². The summed E-state index contributed by atoms with van der Waals surface area (Å²) >= 11 is 9.39. The van der Waals surface area contributed by atoms with Crippen LogP contribution in [0.2, 0.25) is 5.02 Å². The number of hydrogen-bond acceptors (Lipinski definition) is 3. The van der Waals surface area contributed by atoms with Gasteiger partial charge >= 0.3 is 5.76 Å². The number of nitrogens with zero attached hydrogens (tertiary/aromatic N) is 1. The largest absolute Gasteiger partial charge is 0.424 e. The van der Waals surface area contributed by atoms with Crippen molar-refractivity contribution in [3.63, 3.8) is 0 Å². The summed E-state index contributed by atoms with van der Waals surface area (Å²) in [5, 5.41) is 0.541. The Morgan fingerprint density at radius 3 is 2.84 bits per heavy atom. The fourth-order valence-electron chi connectivity index (χ4n) is 2.31. The highest BCUT2D eigenvalue weighted by molar-refractivity contribution is 9.10. The molecule has 1 fully saturated rings. The predicted octanol–water partition coefficient (Wildman–Crippen LogP) is 0.883. The second-order valence-electron chi connectivity index (χ2n) is 4.55. The summed E-state index contributed by atoms with van der Waals surface area (Å²) < 4.78 is 13.0. The molecule has 0 radical (unpaired) electrons. The van der Waals surface area contributed by atoms with E-state index in [1.165, 1.54) is 4.90 Å². The Kier molecular flexibility index (Phi) is 3.66. The van der Waals surface area contributed by atoms with Crippen LogP contribution in [0.4, 0.5) is 0 Å². The van der Waals surface area contributed by atoms with Gasteiger partial charge in [0.2, 0.25) is 0 Å². The third kappa shape index (κ3) is 2.58. The fourth-order valence-corrected chi connectivity index (χ4v) is 3.30. The number of rotatable bonds is 2. The normalized spacial score (nSPS) is 17.2. The topological polar surface area (TPSA) is 48.8 Å². The van der Waals surface area contributed by atoms with Crippen molar-refractivity contribution in [3.05, 3.63) is 32.2 Å². The summed E-state index contributed by atoms with van der Waals surface area (Å²) in [5.41, 5.74) is 1.27. The van der Waals surface area contributed by atoms with Crippen molar-refractivity contribution in [3.8, 4) is 0 Å². The monoisotopic (exact) mass is 347 g/mol. The summed E-state index contributed by atoms with van der Waals surface area (Å²) in [4.78, 5) is 13.3. The molecule has 1 N–H and O–H groups in total. The molecule has 1 aromatic heterocycles. The molecule has 1 aliphatic rings. The lowest BCUT2D eigenvalue weighted by molar-refractivity contribution is -0.930. The average Bonchev–Trinajstić information content (AvgIpc) is 2.67. The SMILES string of the molecule is O=c1oc2cc(Cl)cc(Br)c2n1C[NH+]1CCOCC1. The number of oxazole rings is 1. The molecule has 0 atom stereocenters. The van der Waals surface area contributed by atoms with Gasteiger partial charge in [-0.3, -0.25) is 0 Å². The van der Waals surface area contributed by atoms with Gasteiger partial charge in [-0.1, -0.05) is 11.6 Å². The highest BCUT2D eigenvalue weighted by atomic mass is 79.9. The van der Waals surface area contributed by atoms with Gasteiger partial charge in [0.15, 0.2) is 12.3 Å². The van der Waals surface area contributed by atoms with E-state index in [0.717, 1.165) is 36.3 Å². The Morgan fingerprint density at radius 1 is 1.37 bits per heavy atom. The molecule has 0 unspecified atom stereocenters. The van der Waals surface area contributed by atoms with Crippen LogP contribution < -0.4 is 10.7 Å². The molecular weight excluding hydrogens is 336 g/mol. The zero-order valence-electron chi connectivity index (χ0n) is 10.1. The van der Waals surface area contributed by atoms with E-state index in [1.54, 1.807) is 16.7 Å². The Bertz CT molecular complexity index is 661. The number of halogens is 2. The van der Waals surface area contributed by atoms with Crippen molar-refractivity contribution in [1.29, 1.82) is 0 Å². The lowest BCUT2D eigenvalue weighted by Crippen LogP contribution is -3.13. The molecule has 7 heteroatoms. The molecule has 3 rings (SSSR count). The molecule has 0 aliphatic carbocycles. The molecule has 0 bridgehead atoms. The lowest BCUT2D eigenvalue weighted by Gasteiger charge is -2.23. The minimum absolute atomic E-state index is 0.350. The number of fused-ring (bicyclic) bond motifs is 1. The number of nitrogens with one attached hydrogen (secondary N) is 1. The molecule has 1 aliphatic heterocycles. The third-order valence-electron chi connectivity index (χ3n) is 3.26. The number of quaternary nitrogens is 1. The van der Waals surface area contributed by atoms with Crippen molar-refractivity contribution in [2.75, 3.05) is 26.3 Å². The smallest absolute Gasteiger partial charge is 0.407 e. The molecule has 1 aromatic carbocycles. The van der Waals surface area contributed by atoms with Crippen molar-refractivity contribution in [2.45, 2.75) is 6.67 Å². The molecule has 2 aromatic rings. The summed E-state index contributed by atoms with van der Waals surface area (Å²) in [7, 11) is 0. The minimum atomic E-state index is -0.350. The minimum Gasteiger partial charge on any atom is -0.407 e. The van der Waals surface area contributed by atoms with E-state index in [0.29, 0.717) is 17.3 Å². The Balaban J connectivity index is 2.02. The zero-order valence-corrected chi connectivity index (χ0v) is 12.5. The van der Waals surface area contributed by atoms with Crippen LogP contribution >= 0.6 is 27.5 Å². The van der Waals surface area contributed by atoms with Crippen LogP contribution in [0.1, 0.15) is 0 Å². The van der Waals surface area contributed by atoms with Gasteiger partial charge in [-0.15, -0.1) is 0 Å². The van der Waals surface area contributed by atoms with Gasteiger partial charge in [0.05, 0.1) is 13.2 Å². The Labute approximate surface area is 122 Å². The van der Waals surface area contributed by atoms with E-state index in [9.17, 15) is 4.79 Å². The van der Waals surface area contributed by atoms with Crippen LogP contribution in [-0.2, 0) is 11.4 Å². The number of ether oxygens (including phenoxy) is 1. The van der Waals surface area contributed by atoms with Crippen LogP contribution in [0.25, 0.3) is 11.1 Å². The fraction of sp³-hybridized carbons (Fsp3) is 0.417. The van der Waals surface area contributed by atoms with Crippen molar-refractivity contribution < 1.29 is 14.1 Å². The number of hydrogen-bond donors (Lipinski definition) is 1. The summed E-state index contributed by atoms with van der Waals surface area (Å²) in [6, 6.07) is 3.43. The maximum absolute atomic E-state index is 12.0. The number of aromatic nitrogens is 1. The maximum atomic E-state index is 12.0. The van der Waals surface area contributed by atoms with E-state index in [-0.39, 0.29) is 5.76 Å². The lowest BCUT2D eigenvalue weighted by atomic mass is 10.3. The molecule has 0 saturated carbocycles. The van der Waals surface area contributed by atoms with Crippen LogP contribution in [0.3, 0.4) is 0 Å². The Morgan fingerprint density at radius 2 is 2.11 bits per heavy atom. The summed E-state index contributed by atoms with van der Waals surface area (Å²) in [6.07, 6.45) is 0. The molecule has 0 spiro atoms. The highest BCUT2D eigenvalue weighted by Crippen LogP contribution is 2.27. The molecule has 102 valence electrons. The standard InChI is InChI=1S/C12H12BrClN2O3/c13-9-5-8(14)6-10-11(9)16(12(17)19-10)7-15-1-3-18-4-2-15/h5-6H,1-4,7H2/p+1. The predicted molar refractivity (Wildman–Crippen MR) is 74.7 cm³/mol. The first-order valence-corrected chi connectivity index (χ1v) is 7.22. The highest BCUT2D eigenvalue weighted by Gasteiger charge is 2.20. The average molecular weight is 349 g/mol. The first kappa shape index (κ1) is 13.2. The van der Waals surface area contributed by atoms with Gasteiger partial charge in [-0.2, -0.15) is 0 Å². The summed E-state index contributed by atoms with van der Waals surface area (Å²) in [6.45, 7) is 3.82. The quantitative estimate of drug-likeness (QED) is 0.877. The number of benzene rings is 1. The van der Waals surface area contributed by atoms with E-state index >= 15 is 0 Å².